The van der Waals surface area contributed by atoms with Crippen LogP contribution in [0.15, 0.2) is 5.16 Å². The van der Waals surface area contributed by atoms with E-state index in [2.05, 4.69) is 15.3 Å². The number of carbonyl (C=O) groups is 1. The molecule has 1 aliphatic rings. The van der Waals surface area contributed by atoms with Crippen molar-refractivity contribution in [2.24, 2.45) is 5.16 Å². The van der Waals surface area contributed by atoms with Gasteiger partial charge in [-0.25, -0.2) is 0 Å². The van der Waals surface area contributed by atoms with Crippen molar-refractivity contribution in [2.75, 3.05) is 20.3 Å². The third-order valence-electron chi connectivity index (χ3n) is 1.84. The Morgan fingerprint density at radius 3 is 2.92 bits per heavy atom. The van der Waals surface area contributed by atoms with Gasteiger partial charge in [-0.3, -0.25) is 4.79 Å². The van der Waals surface area contributed by atoms with Crippen molar-refractivity contribution in [3.63, 3.8) is 0 Å². The Balaban J connectivity index is 2.22. The van der Waals surface area contributed by atoms with Crippen molar-refractivity contribution in [2.45, 2.75) is 18.9 Å². The maximum Gasteiger partial charge on any atom is 0.266 e. The van der Waals surface area contributed by atoms with E-state index in [0.29, 0.717) is 13.2 Å². The summed E-state index contributed by atoms with van der Waals surface area (Å²) < 4.78 is 5.15. The summed E-state index contributed by atoms with van der Waals surface area (Å²) in [7, 11) is 1.40. The molecule has 74 valence electrons. The number of nitrogens with one attached hydrogen (secondary N) is 1. The zero-order chi connectivity index (χ0) is 9.52. The fraction of sp³-hybridized carbons (Fsp3) is 0.750. The van der Waals surface area contributed by atoms with Crippen molar-refractivity contribution in [1.82, 2.24) is 5.32 Å². The molecule has 0 aromatic heterocycles. The first-order valence-corrected chi connectivity index (χ1v) is 4.27. The predicted molar refractivity (Wildman–Crippen MR) is 47.5 cm³/mol. The van der Waals surface area contributed by atoms with Gasteiger partial charge in [-0.2, -0.15) is 0 Å². The maximum atomic E-state index is 11.1. The Hall–Kier alpha value is -1.10. The Bertz CT molecular complexity index is 188. The molecule has 1 N–H and O–H groups in total. The zero-order valence-corrected chi connectivity index (χ0v) is 7.66. The van der Waals surface area contributed by atoms with E-state index in [-0.39, 0.29) is 11.9 Å². The minimum atomic E-state index is -0.214. The largest absolute Gasteiger partial charge is 0.399 e. The van der Waals surface area contributed by atoms with E-state index in [9.17, 15) is 4.79 Å². The molecule has 0 aromatic rings. The molecular weight excluding hydrogens is 172 g/mol. The van der Waals surface area contributed by atoms with Crippen molar-refractivity contribution >= 4 is 12.1 Å². The number of nitrogens with zero attached hydrogens (tertiary/aromatic N) is 1. The highest BCUT2D eigenvalue weighted by atomic mass is 16.6. The molecule has 0 atom stereocenters. The number of oxime groups is 1. The lowest BCUT2D eigenvalue weighted by molar-refractivity contribution is -0.115. The lowest BCUT2D eigenvalue weighted by Crippen LogP contribution is -2.39. The second kappa shape index (κ2) is 5.53. The molecule has 0 bridgehead atoms. The van der Waals surface area contributed by atoms with Gasteiger partial charge in [-0.1, -0.05) is 5.16 Å². The standard InChI is InChI=1S/C8H14N2O3/c1-12-9-6-8(11)10-7-2-4-13-5-3-7/h6-7H,2-5H2,1H3,(H,10,11)/b9-6+. The molecule has 1 saturated heterocycles. The van der Waals surface area contributed by atoms with Gasteiger partial charge in [0.05, 0.1) is 0 Å². The Labute approximate surface area is 77.1 Å². The minimum Gasteiger partial charge on any atom is -0.399 e. The second-order valence-electron chi connectivity index (χ2n) is 2.81. The van der Waals surface area contributed by atoms with Crippen LogP contribution in [0, 0.1) is 0 Å². The fourth-order valence-corrected chi connectivity index (χ4v) is 1.18. The molecule has 1 rings (SSSR count). The lowest BCUT2D eigenvalue weighted by Gasteiger charge is -2.22. The highest BCUT2D eigenvalue weighted by Crippen LogP contribution is 2.05. The van der Waals surface area contributed by atoms with Gasteiger partial charge in [0.2, 0.25) is 0 Å². The smallest absolute Gasteiger partial charge is 0.266 e. The van der Waals surface area contributed by atoms with E-state index >= 15 is 0 Å². The van der Waals surface area contributed by atoms with Crippen molar-refractivity contribution < 1.29 is 14.4 Å². The molecule has 13 heavy (non-hydrogen) atoms. The summed E-state index contributed by atoms with van der Waals surface area (Å²) >= 11 is 0. The van der Waals surface area contributed by atoms with E-state index < -0.39 is 0 Å². The number of hydrogen-bond donors (Lipinski definition) is 1. The fourth-order valence-electron chi connectivity index (χ4n) is 1.18. The van der Waals surface area contributed by atoms with Crippen LogP contribution < -0.4 is 5.32 Å². The summed E-state index contributed by atoms with van der Waals surface area (Å²) in [4.78, 5) is 15.5. The monoisotopic (exact) mass is 186 g/mol. The zero-order valence-electron chi connectivity index (χ0n) is 7.66. The molecule has 5 nitrogen and oxygen atoms in total. The quantitative estimate of drug-likeness (QED) is 0.495. The molecular formula is C8H14N2O3. The van der Waals surface area contributed by atoms with E-state index in [0.717, 1.165) is 19.1 Å². The molecule has 1 fully saturated rings. The molecule has 0 unspecified atom stereocenters. The summed E-state index contributed by atoms with van der Waals surface area (Å²) in [5.41, 5.74) is 0. The average molecular weight is 186 g/mol. The van der Waals surface area contributed by atoms with Crippen molar-refractivity contribution in [3.05, 3.63) is 0 Å². The highest BCUT2D eigenvalue weighted by Gasteiger charge is 2.14. The van der Waals surface area contributed by atoms with Crippen LogP contribution in [0.5, 0.6) is 0 Å². The van der Waals surface area contributed by atoms with Crippen LogP contribution >= 0.6 is 0 Å². The number of hydrogen-bond acceptors (Lipinski definition) is 4. The normalized spacial score (nSPS) is 18.8. The predicted octanol–water partition coefficient (Wildman–Crippen LogP) is -0.0862. The summed E-state index contributed by atoms with van der Waals surface area (Å²) in [6.07, 6.45) is 2.87. The van der Waals surface area contributed by atoms with Crippen LogP contribution in [0.2, 0.25) is 0 Å². The first-order valence-electron chi connectivity index (χ1n) is 4.27. The molecule has 1 heterocycles. The van der Waals surface area contributed by atoms with Crippen LogP contribution in [0.3, 0.4) is 0 Å². The Kier molecular flexibility index (Phi) is 4.25. The first-order chi connectivity index (χ1) is 6.33. The topological polar surface area (TPSA) is 59.9 Å². The molecule has 0 saturated carbocycles. The van der Waals surface area contributed by atoms with Gasteiger partial charge in [-0.05, 0) is 12.8 Å². The van der Waals surface area contributed by atoms with Gasteiger partial charge in [0.25, 0.3) is 5.91 Å². The minimum absolute atomic E-state index is 0.213. The van der Waals surface area contributed by atoms with E-state index in [1.165, 1.54) is 7.11 Å². The molecule has 0 aromatic carbocycles. The van der Waals surface area contributed by atoms with E-state index in [1.54, 1.807) is 0 Å². The second-order valence-corrected chi connectivity index (χ2v) is 2.81. The van der Waals surface area contributed by atoms with Crippen LogP contribution in [0.4, 0.5) is 0 Å². The van der Waals surface area contributed by atoms with Crippen molar-refractivity contribution in [3.8, 4) is 0 Å². The van der Waals surface area contributed by atoms with Gasteiger partial charge in [0.1, 0.15) is 13.3 Å². The van der Waals surface area contributed by atoms with Crippen molar-refractivity contribution in [1.29, 1.82) is 0 Å². The number of ether oxygens (including phenoxy) is 1. The molecule has 1 amide bonds. The molecule has 0 spiro atoms. The Morgan fingerprint density at radius 2 is 2.31 bits per heavy atom. The van der Waals surface area contributed by atoms with Gasteiger partial charge < -0.3 is 14.9 Å². The third kappa shape index (κ3) is 3.89. The number of amides is 1. The van der Waals surface area contributed by atoms with Gasteiger partial charge >= 0.3 is 0 Å². The SMILES string of the molecule is CO/N=C/C(=O)NC1CCOCC1. The lowest BCUT2D eigenvalue weighted by atomic mass is 10.1. The summed E-state index contributed by atoms with van der Waals surface area (Å²) in [5.74, 6) is -0.214. The molecule has 5 heteroatoms. The van der Waals surface area contributed by atoms with Crippen LogP contribution in [0.1, 0.15) is 12.8 Å². The van der Waals surface area contributed by atoms with E-state index in [1.807, 2.05) is 0 Å². The average Bonchev–Trinajstić information content (AvgIpc) is 2.16. The third-order valence-corrected chi connectivity index (χ3v) is 1.84. The van der Waals surface area contributed by atoms with Gasteiger partial charge in [0, 0.05) is 19.3 Å². The molecule has 1 aliphatic heterocycles. The number of carbonyl (C=O) groups excluding carboxylic acids is 1. The van der Waals surface area contributed by atoms with Gasteiger partial charge in [-0.15, -0.1) is 0 Å². The molecule has 0 radical (unpaired) electrons. The van der Waals surface area contributed by atoms with Crippen LogP contribution in [-0.2, 0) is 14.4 Å². The van der Waals surface area contributed by atoms with Crippen LogP contribution in [-0.4, -0.2) is 38.5 Å². The number of rotatable bonds is 3. The maximum absolute atomic E-state index is 11.1. The Morgan fingerprint density at radius 1 is 1.62 bits per heavy atom. The van der Waals surface area contributed by atoms with E-state index in [4.69, 9.17) is 4.74 Å². The summed E-state index contributed by atoms with van der Waals surface area (Å²) in [5, 5.41) is 6.17. The van der Waals surface area contributed by atoms with Gasteiger partial charge in [0.15, 0.2) is 0 Å². The first kappa shape index (κ1) is 9.98. The van der Waals surface area contributed by atoms with Crippen LogP contribution in [0.25, 0.3) is 0 Å². The highest BCUT2D eigenvalue weighted by molar-refractivity contribution is 6.26. The molecule has 0 aliphatic carbocycles. The summed E-state index contributed by atoms with van der Waals surface area (Å²) in [6.45, 7) is 1.43. The summed E-state index contributed by atoms with van der Waals surface area (Å²) in [6, 6.07) is 0.213.